The van der Waals surface area contributed by atoms with Gasteiger partial charge in [-0.2, -0.15) is 0 Å². The molecule has 0 aromatic heterocycles. The fraction of sp³-hybridized carbons (Fsp3) is 1.00. The van der Waals surface area contributed by atoms with Gasteiger partial charge in [0, 0.05) is 12.1 Å². The summed E-state index contributed by atoms with van der Waals surface area (Å²) in [6, 6.07) is 0.691. The van der Waals surface area contributed by atoms with Gasteiger partial charge in [0.15, 0.2) is 9.84 Å². The molecule has 1 aliphatic heterocycles. The summed E-state index contributed by atoms with van der Waals surface area (Å²) >= 11 is 0. The Balaban J connectivity index is 1.46. The molecular weight excluding hydrogens is 282 g/mol. The Labute approximate surface area is 129 Å². The maximum atomic E-state index is 11.9. The highest BCUT2D eigenvalue weighted by molar-refractivity contribution is 7.91. The van der Waals surface area contributed by atoms with E-state index >= 15 is 0 Å². The highest BCUT2D eigenvalue weighted by Gasteiger charge is 2.53. The van der Waals surface area contributed by atoms with Crippen LogP contribution in [-0.2, 0) is 9.84 Å². The average molecular weight is 311 g/mol. The number of rotatable bonds is 3. The number of sulfone groups is 1. The van der Waals surface area contributed by atoms with Crippen LogP contribution in [0.25, 0.3) is 0 Å². The first-order chi connectivity index (χ1) is 9.94. The van der Waals surface area contributed by atoms with E-state index in [0.29, 0.717) is 23.0 Å². The second-order valence-corrected chi connectivity index (χ2v) is 10.9. The van der Waals surface area contributed by atoms with Crippen LogP contribution in [0.15, 0.2) is 0 Å². The molecule has 4 aliphatic carbocycles. The molecule has 0 spiro atoms. The van der Waals surface area contributed by atoms with Crippen molar-refractivity contribution in [1.82, 2.24) is 5.32 Å². The fourth-order valence-electron chi connectivity index (χ4n) is 6.39. The molecule has 1 N–H and O–H groups in total. The van der Waals surface area contributed by atoms with E-state index in [9.17, 15) is 8.42 Å². The summed E-state index contributed by atoms with van der Waals surface area (Å²) in [7, 11) is -2.80. The van der Waals surface area contributed by atoms with Crippen LogP contribution in [0, 0.1) is 23.2 Å². The molecule has 0 amide bonds. The summed E-state index contributed by atoms with van der Waals surface area (Å²) in [4.78, 5) is 0. The standard InChI is InChI=1S/C17H29NO2S/c1-12(18-16-3-2-4-21(19,20)11-16)17-8-13-5-14(9-17)7-15(6-13)10-17/h12-16,18H,2-11H2,1H3. The van der Waals surface area contributed by atoms with Gasteiger partial charge in [-0.25, -0.2) is 8.42 Å². The van der Waals surface area contributed by atoms with E-state index in [2.05, 4.69) is 12.2 Å². The quantitative estimate of drug-likeness (QED) is 0.872. The SMILES string of the molecule is CC(NC1CCCS(=O)(=O)C1)C12CC3CC(CC(C3)C1)C2. The Morgan fingerprint density at radius 3 is 2.14 bits per heavy atom. The molecule has 120 valence electrons. The molecule has 3 nitrogen and oxygen atoms in total. The van der Waals surface area contributed by atoms with Gasteiger partial charge in [0.2, 0.25) is 0 Å². The van der Waals surface area contributed by atoms with Gasteiger partial charge in [0.05, 0.1) is 11.5 Å². The molecule has 2 unspecified atom stereocenters. The number of hydrogen-bond donors (Lipinski definition) is 1. The highest BCUT2D eigenvalue weighted by atomic mass is 32.2. The molecule has 1 saturated heterocycles. The smallest absolute Gasteiger partial charge is 0.151 e. The van der Waals surface area contributed by atoms with Gasteiger partial charge in [0.25, 0.3) is 0 Å². The zero-order chi connectivity index (χ0) is 14.7. The predicted octanol–water partition coefficient (Wildman–Crippen LogP) is 2.76. The van der Waals surface area contributed by atoms with E-state index < -0.39 is 9.84 Å². The van der Waals surface area contributed by atoms with Crippen molar-refractivity contribution < 1.29 is 8.42 Å². The van der Waals surface area contributed by atoms with E-state index in [0.717, 1.165) is 30.6 Å². The maximum absolute atomic E-state index is 11.9. The first-order valence-electron chi connectivity index (χ1n) is 8.91. The van der Waals surface area contributed by atoms with Crippen LogP contribution in [0.4, 0.5) is 0 Å². The Kier molecular flexibility index (Phi) is 3.42. The van der Waals surface area contributed by atoms with Gasteiger partial charge in [-0.1, -0.05) is 0 Å². The van der Waals surface area contributed by atoms with E-state index in [1.54, 1.807) is 0 Å². The Morgan fingerprint density at radius 2 is 1.62 bits per heavy atom. The molecule has 5 rings (SSSR count). The van der Waals surface area contributed by atoms with Crippen LogP contribution in [0.3, 0.4) is 0 Å². The first-order valence-corrected chi connectivity index (χ1v) is 10.7. The lowest BCUT2D eigenvalue weighted by atomic mass is 9.48. The fourth-order valence-corrected chi connectivity index (χ4v) is 8.04. The zero-order valence-electron chi connectivity index (χ0n) is 13.2. The Hall–Kier alpha value is -0.0900. The van der Waals surface area contributed by atoms with Crippen molar-refractivity contribution in [3.63, 3.8) is 0 Å². The number of nitrogens with one attached hydrogen (secondary N) is 1. The lowest BCUT2D eigenvalue weighted by molar-refractivity contribution is -0.0719. The largest absolute Gasteiger partial charge is 0.310 e. The van der Waals surface area contributed by atoms with Gasteiger partial charge in [-0.05, 0) is 81.5 Å². The van der Waals surface area contributed by atoms with Crippen molar-refractivity contribution in [1.29, 1.82) is 0 Å². The molecule has 0 radical (unpaired) electrons. The minimum absolute atomic E-state index is 0.201. The molecule has 4 bridgehead atoms. The summed E-state index contributed by atoms with van der Waals surface area (Å²) in [5.41, 5.74) is 0.482. The van der Waals surface area contributed by atoms with Crippen molar-refractivity contribution in [2.75, 3.05) is 11.5 Å². The van der Waals surface area contributed by atoms with Gasteiger partial charge < -0.3 is 5.32 Å². The topological polar surface area (TPSA) is 46.2 Å². The van der Waals surface area contributed by atoms with E-state index in [-0.39, 0.29) is 6.04 Å². The molecule has 21 heavy (non-hydrogen) atoms. The average Bonchev–Trinajstić information content (AvgIpc) is 2.35. The summed E-state index contributed by atoms with van der Waals surface area (Å²) in [6.45, 7) is 2.34. The normalized spacial score (nSPS) is 49.2. The predicted molar refractivity (Wildman–Crippen MR) is 84.9 cm³/mol. The van der Waals surface area contributed by atoms with Crippen LogP contribution < -0.4 is 5.32 Å². The monoisotopic (exact) mass is 311 g/mol. The van der Waals surface area contributed by atoms with E-state index in [4.69, 9.17) is 0 Å². The van der Waals surface area contributed by atoms with Crippen molar-refractivity contribution in [2.24, 2.45) is 23.2 Å². The molecule has 0 aromatic carbocycles. The van der Waals surface area contributed by atoms with Gasteiger partial charge >= 0.3 is 0 Å². The van der Waals surface area contributed by atoms with Crippen LogP contribution in [0.2, 0.25) is 0 Å². The molecular formula is C17H29NO2S. The molecule has 2 atom stereocenters. The van der Waals surface area contributed by atoms with Gasteiger partial charge in [-0.15, -0.1) is 0 Å². The summed E-state index contributed by atoms with van der Waals surface area (Å²) in [6.07, 6.45) is 10.5. The Morgan fingerprint density at radius 1 is 1.05 bits per heavy atom. The second-order valence-electron chi connectivity index (χ2n) is 8.62. The van der Waals surface area contributed by atoms with Crippen molar-refractivity contribution in [3.8, 4) is 0 Å². The third-order valence-corrected chi connectivity index (χ3v) is 8.77. The van der Waals surface area contributed by atoms with Crippen molar-refractivity contribution in [2.45, 2.75) is 70.4 Å². The lowest BCUT2D eigenvalue weighted by Gasteiger charge is -2.59. The molecule has 5 fully saturated rings. The van der Waals surface area contributed by atoms with Crippen LogP contribution in [-0.4, -0.2) is 32.0 Å². The third-order valence-electron chi connectivity index (χ3n) is 6.95. The minimum Gasteiger partial charge on any atom is -0.310 e. The molecule has 5 aliphatic rings. The van der Waals surface area contributed by atoms with Crippen molar-refractivity contribution >= 4 is 9.84 Å². The lowest BCUT2D eigenvalue weighted by Crippen LogP contribution is -2.57. The summed E-state index contributed by atoms with van der Waals surface area (Å²) in [5.74, 6) is 3.67. The highest BCUT2D eigenvalue weighted by Crippen LogP contribution is 2.61. The minimum atomic E-state index is -2.80. The second kappa shape index (κ2) is 4.95. The van der Waals surface area contributed by atoms with Crippen LogP contribution >= 0.6 is 0 Å². The van der Waals surface area contributed by atoms with Gasteiger partial charge in [-0.3, -0.25) is 0 Å². The third kappa shape index (κ3) is 2.67. The van der Waals surface area contributed by atoms with Crippen LogP contribution in [0.5, 0.6) is 0 Å². The number of hydrogen-bond acceptors (Lipinski definition) is 3. The zero-order valence-corrected chi connectivity index (χ0v) is 14.0. The van der Waals surface area contributed by atoms with E-state index in [1.165, 1.54) is 38.5 Å². The van der Waals surface area contributed by atoms with Crippen molar-refractivity contribution in [3.05, 3.63) is 0 Å². The molecule has 4 heteroatoms. The molecule has 1 heterocycles. The summed E-state index contributed by atoms with van der Waals surface area (Å²) in [5, 5.41) is 3.75. The Bertz CT molecular complexity index is 478. The molecule has 4 saturated carbocycles. The van der Waals surface area contributed by atoms with Crippen LogP contribution in [0.1, 0.15) is 58.3 Å². The first kappa shape index (κ1) is 14.5. The van der Waals surface area contributed by atoms with E-state index in [1.807, 2.05) is 0 Å². The van der Waals surface area contributed by atoms with Gasteiger partial charge in [0.1, 0.15) is 0 Å². The molecule has 0 aromatic rings. The maximum Gasteiger partial charge on any atom is 0.151 e. The summed E-state index contributed by atoms with van der Waals surface area (Å²) < 4.78 is 23.7.